The van der Waals surface area contributed by atoms with Gasteiger partial charge in [-0.05, 0) is 25.3 Å². The minimum absolute atomic E-state index is 0.274. The van der Waals surface area contributed by atoms with Crippen LogP contribution in [0.3, 0.4) is 0 Å². The van der Waals surface area contributed by atoms with Crippen molar-refractivity contribution in [3.05, 3.63) is 35.9 Å². The summed E-state index contributed by atoms with van der Waals surface area (Å²) in [5.41, 5.74) is 1.22. The van der Waals surface area contributed by atoms with Crippen LogP contribution in [-0.2, 0) is 20.8 Å². The van der Waals surface area contributed by atoms with E-state index in [4.69, 9.17) is 14.2 Å². The number of hydrogen-bond donors (Lipinski definition) is 0. The van der Waals surface area contributed by atoms with Gasteiger partial charge in [0.25, 0.3) is 0 Å². The van der Waals surface area contributed by atoms with E-state index in [0.717, 1.165) is 19.4 Å². The minimum Gasteiger partial charge on any atom is -0.382 e. The Balaban J connectivity index is 1.99. The van der Waals surface area contributed by atoms with E-state index in [-0.39, 0.29) is 6.10 Å². The third-order valence-corrected chi connectivity index (χ3v) is 2.71. The van der Waals surface area contributed by atoms with Gasteiger partial charge in [0.2, 0.25) is 0 Å². The van der Waals surface area contributed by atoms with Gasteiger partial charge in [0.05, 0.1) is 25.9 Å². The van der Waals surface area contributed by atoms with E-state index in [1.165, 1.54) is 5.56 Å². The lowest BCUT2D eigenvalue weighted by atomic mass is 10.2. The van der Waals surface area contributed by atoms with E-state index < -0.39 is 0 Å². The number of benzene rings is 1. The standard InChI is InChI=1S/C15H24O3/c1-14(7-6-10-17-12-11-16-2)18-13-15-8-4-3-5-9-15/h3-5,8-9,14H,6-7,10-13H2,1-2H3. The number of hydrogen-bond acceptors (Lipinski definition) is 3. The Morgan fingerprint density at radius 1 is 1.06 bits per heavy atom. The van der Waals surface area contributed by atoms with Crippen molar-refractivity contribution in [1.82, 2.24) is 0 Å². The molecule has 1 unspecified atom stereocenters. The van der Waals surface area contributed by atoms with Crippen LogP contribution in [0.1, 0.15) is 25.3 Å². The third-order valence-electron chi connectivity index (χ3n) is 2.71. The summed E-state index contributed by atoms with van der Waals surface area (Å²) in [6.07, 6.45) is 2.33. The molecule has 3 nitrogen and oxygen atoms in total. The van der Waals surface area contributed by atoms with Crippen LogP contribution in [0.25, 0.3) is 0 Å². The summed E-state index contributed by atoms with van der Waals surface area (Å²) in [6.45, 7) is 4.92. The van der Waals surface area contributed by atoms with Crippen LogP contribution in [0, 0.1) is 0 Å². The Morgan fingerprint density at radius 3 is 2.56 bits per heavy atom. The van der Waals surface area contributed by atoms with Crippen LogP contribution in [-0.4, -0.2) is 33.0 Å². The molecule has 0 aliphatic rings. The number of rotatable bonds is 10. The molecule has 3 heteroatoms. The molecule has 0 aliphatic carbocycles. The second kappa shape index (κ2) is 10.1. The zero-order valence-corrected chi connectivity index (χ0v) is 11.4. The third kappa shape index (κ3) is 7.43. The van der Waals surface area contributed by atoms with E-state index in [2.05, 4.69) is 19.1 Å². The lowest BCUT2D eigenvalue weighted by molar-refractivity contribution is 0.0315. The molecule has 0 fully saturated rings. The van der Waals surface area contributed by atoms with Gasteiger partial charge < -0.3 is 14.2 Å². The largest absolute Gasteiger partial charge is 0.382 e. The first-order valence-electron chi connectivity index (χ1n) is 6.55. The van der Waals surface area contributed by atoms with E-state index in [1.54, 1.807) is 7.11 Å². The van der Waals surface area contributed by atoms with Gasteiger partial charge in [-0.25, -0.2) is 0 Å². The number of methoxy groups -OCH3 is 1. The SMILES string of the molecule is COCCOCCCC(C)OCc1ccccc1. The van der Waals surface area contributed by atoms with E-state index in [1.807, 2.05) is 18.2 Å². The second-order valence-electron chi connectivity index (χ2n) is 4.35. The monoisotopic (exact) mass is 252 g/mol. The maximum Gasteiger partial charge on any atom is 0.0720 e. The van der Waals surface area contributed by atoms with Crippen molar-refractivity contribution >= 4 is 0 Å². The molecule has 1 aromatic carbocycles. The minimum atomic E-state index is 0.274. The zero-order chi connectivity index (χ0) is 13.1. The summed E-state index contributed by atoms with van der Waals surface area (Å²) in [4.78, 5) is 0. The van der Waals surface area contributed by atoms with E-state index in [0.29, 0.717) is 19.8 Å². The molecular weight excluding hydrogens is 228 g/mol. The quantitative estimate of drug-likeness (QED) is 0.599. The lowest BCUT2D eigenvalue weighted by Crippen LogP contribution is -2.10. The van der Waals surface area contributed by atoms with Crippen LogP contribution in [0.4, 0.5) is 0 Å². The molecule has 0 N–H and O–H groups in total. The van der Waals surface area contributed by atoms with Gasteiger partial charge in [-0.1, -0.05) is 30.3 Å². The Kier molecular flexibility index (Phi) is 8.47. The first kappa shape index (κ1) is 15.2. The molecule has 0 radical (unpaired) electrons. The van der Waals surface area contributed by atoms with E-state index in [9.17, 15) is 0 Å². The zero-order valence-electron chi connectivity index (χ0n) is 11.4. The van der Waals surface area contributed by atoms with Crippen molar-refractivity contribution in [2.45, 2.75) is 32.5 Å². The molecule has 1 aromatic rings. The molecule has 0 saturated carbocycles. The fourth-order valence-electron chi connectivity index (χ4n) is 1.61. The molecule has 1 atom stereocenters. The highest BCUT2D eigenvalue weighted by Gasteiger charge is 2.02. The van der Waals surface area contributed by atoms with Gasteiger partial charge in [0.1, 0.15) is 0 Å². The van der Waals surface area contributed by atoms with Crippen LogP contribution in [0.5, 0.6) is 0 Å². The summed E-state index contributed by atoms with van der Waals surface area (Å²) in [6, 6.07) is 10.3. The molecule has 0 heterocycles. The summed E-state index contributed by atoms with van der Waals surface area (Å²) in [5, 5.41) is 0. The van der Waals surface area contributed by atoms with Crippen LogP contribution in [0.15, 0.2) is 30.3 Å². The van der Waals surface area contributed by atoms with Crippen LogP contribution < -0.4 is 0 Å². The Labute approximate surface area is 110 Å². The number of ether oxygens (including phenoxy) is 3. The van der Waals surface area contributed by atoms with Crippen molar-refractivity contribution in [2.24, 2.45) is 0 Å². The summed E-state index contributed by atoms with van der Waals surface area (Å²) < 4.78 is 16.1. The lowest BCUT2D eigenvalue weighted by Gasteiger charge is -2.13. The highest BCUT2D eigenvalue weighted by atomic mass is 16.5. The van der Waals surface area contributed by atoms with Crippen molar-refractivity contribution in [2.75, 3.05) is 26.9 Å². The van der Waals surface area contributed by atoms with Gasteiger partial charge in [-0.2, -0.15) is 0 Å². The molecule has 0 aliphatic heterocycles. The molecule has 0 spiro atoms. The highest BCUT2D eigenvalue weighted by Crippen LogP contribution is 2.07. The average Bonchev–Trinajstić information content (AvgIpc) is 2.41. The Morgan fingerprint density at radius 2 is 1.83 bits per heavy atom. The summed E-state index contributed by atoms with van der Waals surface area (Å²) >= 11 is 0. The topological polar surface area (TPSA) is 27.7 Å². The molecule has 18 heavy (non-hydrogen) atoms. The molecular formula is C15H24O3. The van der Waals surface area contributed by atoms with Crippen LogP contribution in [0.2, 0.25) is 0 Å². The first-order chi connectivity index (χ1) is 8.83. The van der Waals surface area contributed by atoms with Gasteiger partial charge >= 0.3 is 0 Å². The second-order valence-corrected chi connectivity index (χ2v) is 4.35. The summed E-state index contributed by atoms with van der Waals surface area (Å²) in [5.74, 6) is 0. The predicted molar refractivity (Wildman–Crippen MR) is 72.6 cm³/mol. The highest BCUT2D eigenvalue weighted by molar-refractivity contribution is 5.13. The smallest absolute Gasteiger partial charge is 0.0720 e. The molecule has 1 rings (SSSR count). The Hall–Kier alpha value is -0.900. The maximum atomic E-state index is 5.78. The van der Waals surface area contributed by atoms with Crippen molar-refractivity contribution in [3.8, 4) is 0 Å². The maximum absolute atomic E-state index is 5.78. The Bertz CT molecular complexity index is 287. The molecule has 0 saturated heterocycles. The predicted octanol–water partition coefficient (Wildman–Crippen LogP) is 3.03. The first-order valence-corrected chi connectivity index (χ1v) is 6.55. The fraction of sp³-hybridized carbons (Fsp3) is 0.600. The molecule has 0 aromatic heterocycles. The van der Waals surface area contributed by atoms with Gasteiger partial charge in [-0.3, -0.25) is 0 Å². The van der Waals surface area contributed by atoms with Crippen LogP contribution >= 0.6 is 0 Å². The molecule has 0 amide bonds. The van der Waals surface area contributed by atoms with E-state index >= 15 is 0 Å². The molecule has 0 bridgehead atoms. The van der Waals surface area contributed by atoms with Crippen molar-refractivity contribution in [1.29, 1.82) is 0 Å². The van der Waals surface area contributed by atoms with Crippen molar-refractivity contribution < 1.29 is 14.2 Å². The average molecular weight is 252 g/mol. The normalized spacial score (nSPS) is 12.6. The van der Waals surface area contributed by atoms with Crippen molar-refractivity contribution in [3.63, 3.8) is 0 Å². The summed E-state index contributed by atoms with van der Waals surface area (Å²) in [7, 11) is 1.68. The fourth-order valence-corrected chi connectivity index (χ4v) is 1.61. The van der Waals surface area contributed by atoms with Gasteiger partial charge in [-0.15, -0.1) is 0 Å². The van der Waals surface area contributed by atoms with Gasteiger partial charge in [0, 0.05) is 13.7 Å². The van der Waals surface area contributed by atoms with Gasteiger partial charge in [0.15, 0.2) is 0 Å². The molecule has 102 valence electrons.